The van der Waals surface area contributed by atoms with Crippen LogP contribution in [-0.4, -0.2) is 43.7 Å². The number of amides is 1. The van der Waals surface area contributed by atoms with Gasteiger partial charge in [-0.3, -0.25) is 9.69 Å². The standard InChI is InChI=1S/C17H24N2O3/c1-13-4-2-7-19(11-13)12-17(20)18-14-5-6-15-16(10-14)22-9-3-8-21-15/h5-6,10,13H,2-4,7-9,11-12H2,1H3,(H,18,20). The van der Waals surface area contributed by atoms with Crippen LogP contribution in [0.25, 0.3) is 0 Å². The second kappa shape index (κ2) is 7.01. The Morgan fingerprint density at radius 2 is 2.09 bits per heavy atom. The maximum atomic E-state index is 12.2. The van der Waals surface area contributed by atoms with E-state index >= 15 is 0 Å². The van der Waals surface area contributed by atoms with Gasteiger partial charge in [0.25, 0.3) is 0 Å². The Hall–Kier alpha value is -1.75. The predicted octanol–water partition coefficient (Wildman–Crippen LogP) is 2.52. The highest BCUT2D eigenvalue weighted by Crippen LogP contribution is 2.32. The van der Waals surface area contributed by atoms with Gasteiger partial charge < -0.3 is 14.8 Å². The summed E-state index contributed by atoms with van der Waals surface area (Å²) in [5.41, 5.74) is 0.763. The summed E-state index contributed by atoms with van der Waals surface area (Å²) in [5, 5.41) is 2.96. The average Bonchev–Trinajstić information content (AvgIpc) is 2.72. The second-order valence-electron chi connectivity index (χ2n) is 6.24. The summed E-state index contributed by atoms with van der Waals surface area (Å²) in [4.78, 5) is 14.4. The minimum atomic E-state index is 0.0311. The Kier molecular flexibility index (Phi) is 4.83. The molecule has 5 nitrogen and oxygen atoms in total. The monoisotopic (exact) mass is 304 g/mol. The number of carbonyl (C=O) groups is 1. The highest BCUT2D eigenvalue weighted by atomic mass is 16.5. The quantitative estimate of drug-likeness (QED) is 0.932. The number of carbonyl (C=O) groups excluding carboxylic acids is 1. The zero-order chi connectivity index (χ0) is 15.4. The Morgan fingerprint density at radius 1 is 1.27 bits per heavy atom. The normalized spacial score (nSPS) is 22.0. The van der Waals surface area contributed by atoms with Crippen molar-refractivity contribution >= 4 is 11.6 Å². The fourth-order valence-electron chi connectivity index (χ4n) is 3.07. The molecule has 22 heavy (non-hydrogen) atoms. The third-order valence-electron chi connectivity index (χ3n) is 4.14. The summed E-state index contributed by atoms with van der Waals surface area (Å²) in [7, 11) is 0. The van der Waals surface area contributed by atoms with Gasteiger partial charge in [-0.05, 0) is 37.4 Å². The van der Waals surface area contributed by atoms with Crippen LogP contribution in [0.15, 0.2) is 18.2 Å². The number of nitrogens with zero attached hydrogens (tertiary/aromatic N) is 1. The second-order valence-corrected chi connectivity index (χ2v) is 6.24. The van der Waals surface area contributed by atoms with Crippen LogP contribution in [-0.2, 0) is 4.79 Å². The van der Waals surface area contributed by atoms with Crippen LogP contribution in [0.1, 0.15) is 26.2 Å². The number of ether oxygens (including phenoxy) is 2. The Balaban J connectivity index is 1.58. The van der Waals surface area contributed by atoms with Crippen molar-refractivity contribution in [3.8, 4) is 11.5 Å². The lowest BCUT2D eigenvalue weighted by molar-refractivity contribution is -0.117. The van der Waals surface area contributed by atoms with Crippen molar-refractivity contribution in [1.29, 1.82) is 0 Å². The van der Waals surface area contributed by atoms with Crippen LogP contribution in [0.3, 0.4) is 0 Å². The first-order chi connectivity index (χ1) is 10.7. The van der Waals surface area contributed by atoms with E-state index in [0.717, 1.165) is 30.9 Å². The molecule has 1 amide bonds. The molecule has 0 saturated carbocycles. The number of rotatable bonds is 3. The summed E-state index contributed by atoms with van der Waals surface area (Å²) in [6.07, 6.45) is 3.32. The minimum absolute atomic E-state index is 0.0311. The molecule has 0 spiro atoms. The van der Waals surface area contributed by atoms with E-state index in [9.17, 15) is 4.79 Å². The van der Waals surface area contributed by atoms with Crippen molar-refractivity contribution in [3.05, 3.63) is 18.2 Å². The number of benzene rings is 1. The SMILES string of the molecule is CC1CCCN(CC(=O)Nc2ccc3c(c2)OCCCO3)C1. The van der Waals surface area contributed by atoms with Gasteiger partial charge in [0.2, 0.25) is 5.91 Å². The van der Waals surface area contributed by atoms with Crippen molar-refractivity contribution in [2.24, 2.45) is 5.92 Å². The zero-order valence-corrected chi connectivity index (χ0v) is 13.1. The molecule has 1 fully saturated rings. The highest BCUT2D eigenvalue weighted by molar-refractivity contribution is 5.92. The van der Waals surface area contributed by atoms with E-state index in [4.69, 9.17) is 9.47 Å². The number of hydrogen-bond acceptors (Lipinski definition) is 4. The number of anilines is 1. The number of likely N-dealkylation sites (tertiary alicyclic amines) is 1. The van der Waals surface area contributed by atoms with Gasteiger partial charge in [-0.25, -0.2) is 0 Å². The summed E-state index contributed by atoms with van der Waals surface area (Å²) in [6.45, 7) is 6.04. The van der Waals surface area contributed by atoms with Gasteiger partial charge in [-0.2, -0.15) is 0 Å². The lowest BCUT2D eigenvalue weighted by Gasteiger charge is -2.30. The molecule has 2 heterocycles. The first-order valence-electron chi connectivity index (χ1n) is 8.12. The van der Waals surface area contributed by atoms with Gasteiger partial charge in [0, 0.05) is 24.7 Å². The van der Waals surface area contributed by atoms with E-state index in [2.05, 4.69) is 17.1 Å². The molecule has 120 valence electrons. The van der Waals surface area contributed by atoms with Crippen LogP contribution < -0.4 is 14.8 Å². The van der Waals surface area contributed by atoms with E-state index in [0.29, 0.717) is 31.4 Å². The van der Waals surface area contributed by atoms with Gasteiger partial charge in [-0.15, -0.1) is 0 Å². The number of hydrogen-bond donors (Lipinski definition) is 1. The Morgan fingerprint density at radius 3 is 2.91 bits per heavy atom. The number of piperidine rings is 1. The third-order valence-corrected chi connectivity index (χ3v) is 4.14. The molecule has 1 unspecified atom stereocenters. The minimum Gasteiger partial charge on any atom is -0.490 e. The summed E-state index contributed by atoms with van der Waals surface area (Å²) >= 11 is 0. The van der Waals surface area contributed by atoms with E-state index < -0.39 is 0 Å². The average molecular weight is 304 g/mol. The van der Waals surface area contributed by atoms with Gasteiger partial charge >= 0.3 is 0 Å². The molecular weight excluding hydrogens is 280 g/mol. The maximum absolute atomic E-state index is 12.2. The molecule has 2 aliphatic rings. The van der Waals surface area contributed by atoms with Gasteiger partial charge in [0.15, 0.2) is 11.5 Å². The Bertz CT molecular complexity index is 533. The van der Waals surface area contributed by atoms with Crippen LogP contribution in [0.4, 0.5) is 5.69 Å². The first-order valence-corrected chi connectivity index (χ1v) is 8.12. The molecule has 0 aromatic heterocycles. The van der Waals surface area contributed by atoms with Crippen molar-refractivity contribution in [3.63, 3.8) is 0 Å². The predicted molar refractivity (Wildman–Crippen MR) is 85.5 cm³/mol. The molecule has 1 saturated heterocycles. The first kappa shape index (κ1) is 15.2. The number of fused-ring (bicyclic) bond motifs is 1. The molecule has 2 aliphatic heterocycles. The molecular formula is C17H24N2O3. The van der Waals surface area contributed by atoms with E-state index in [-0.39, 0.29) is 5.91 Å². The molecule has 0 radical (unpaired) electrons. The largest absolute Gasteiger partial charge is 0.490 e. The summed E-state index contributed by atoms with van der Waals surface area (Å²) < 4.78 is 11.2. The van der Waals surface area contributed by atoms with Gasteiger partial charge in [0.05, 0.1) is 19.8 Å². The molecule has 3 rings (SSSR count). The topological polar surface area (TPSA) is 50.8 Å². The molecule has 1 N–H and O–H groups in total. The fraction of sp³-hybridized carbons (Fsp3) is 0.588. The number of nitrogens with one attached hydrogen (secondary N) is 1. The van der Waals surface area contributed by atoms with Crippen molar-refractivity contribution in [2.45, 2.75) is 26.2 Å². The van der Waals surface area contributed by atoms with Crippen LogP contribution in [0.2, 0.25) is 0 Å². The van der Waals surface area contributed by atoms with Gasteiger partial charge in [-0.1, -0.05) is 6.92 Å². The van der Waals surface area contributed by atoms with E-state index in [1.165, 1.54) is 12.8 Å². The highest BCUT2D eigenvalue weighted by Gasteiger charge is 2.19. The third kappa shape index (κ3) is 3.91. The maximum Gasteiger partial charge on any atom is 0.238 e. The zero-order valence-electron chi connectivity index (χ0n) is 13.1. The van der Waals surface area contributed by atoms with Crippen LogP contribution in [0, 0.1) is 5.92 Å². The molecule has 0 bridgehead atoms. The Labute approximate surface area is 131 Å². The lowest BCUT2D eigenvalue weighted by Crippen LogP contribution is -2.39. The fourth-order valence-corrected chi connectivity index (χ4v) is 3.07. The summed E-state index contributed by atoms with van der Waals surface area (Å²) in [5.74, 6) is 2.17. The van der Waals surface area contributed by atoms with Gasteiger partial charge in [0.1, 0.15) is 0 Å². The van der Waals surface area contributed by atoms with Crippen molar-refractivity contribution in [1.82, 2.24) is 4.90 Å². The molecule has 5 heteroatoms. The smallest absolute Gasteiger partial charge is 0.238 e. The molecule has 1 aromatic carbocycles. The van der Waals surface area contributed by atoms with Crippen molar-refractivity contribution in [2.75, 3.05) is 38.2 Å². The molecule has 1 atom stereocenters. The van der Waals surface area contributed by atoms with E-state index in [1.807, 2.05) is 18.2 Å². The summed E-state index contributed by atoms with van der Waals surface area (Å²) in [6, 6.07) is 5.57. The molecule has 1 aromatic rings. The molecule has 0 aliphatic carbocycles. The van der Waals surface area contributed by atoms with E-state index in [1.54, 1.807) is 0 Å². The van der Waals surface area contributed by atoms with Crippen molar-refractivity contribution < 1.29 is 14.3 Å². The lowest BCUT2D eigenvalue weighted by atomic mass is 10.0. The van der Waals surface area contributed by atoms with Crippen LogP contribution >= 0.6 is 0 Å². The van der Waals surface area contributed by atoms with Crippen LogP contribution in [0.5, 0.6) is 11.5 Å².